The summed E-state index contributed by atoms with van der Waals surface area (Å²) in [6, 6.07) is 21.6. The van der Waals surface area contributed by atoms with Crippen molar-refractivity contribution in [3.8, 4) is 16.9 Å². The molecule has 0 bridgehead atoms. The smallest absolute Gasteiger partial charge is 0.255 e. The Hall–Kier alpha value is -2.75. The number of fused-ring (bicyclic) bond motifs is 1. The molecule has 2 heterocycles. The van der Waals surface area contributed by atoms with Gasteiger partial charge in [-0.3, -0.25) is 4.79 Å². The molecule has 3 nitrogen and oxygen atoms in total. The number of likely N-dealkylation sites (tertiary alicyclic amines) is 1. The highest BCUT2D eigenvalue weighted by Crippen LogP contribution is 2.39. The number of carbonyl (C=O) groups is 1. The topological polar surface area (TPSA) is 29.5 Å². The van der Waals surface area contributed by atoms with Crippen molar-refractivity contribution in [2.75, 3.05) is 13.1 Å². The van der Waals surface area contributed by atoms with Crippen LogP contribution in [-0.4, -0.2) is 29.5 Å². The minimum atomic E-state index is -0.379. The normalized spacial score (nSPS) is 16.6. The van der Waals surface area contributed by atoms with Gasteiger partial charge in [-0.15, -0.1) is 0 Å². The van der Waals surface area contributed by atoms with Gasteiger partial charge in [0.15, 0.2) is 0 Å². The fourth-order valence-electron chi connectivity index (χ4n) is 4.27. The van der Waals surface area contributed by atoms with Gasteiger partial charge in [0.05, 0.1) is 10.6 Å². The molecule has 3 aromatic rings. The van der Waals surface area contributed by atoms with Gasteiger partial charge in [0.2, 0.25) is 0 Å². The van der Waals surface area contributed by atoms with Crippen molar-refractivity contribution in [3.05, 3.63) is 94.0 Å². The fraction of sp³-hybridized carbons (Fsp3) is 0.192. The van der Waals surface area contributed by atoms with E-state index in [-0.39, 0.29) is 11.5 Å². The number of piperidine rings is 1. The average molecular weight is 450 g/mol. The molecule has 156 valence electrons. The molecule has 5 rings (SSSR count). The Labute approximate surface area is 191 Å². The van der Waals surface area contributed by atoms with Crippen molar-refractivity contribution in [1.29, 1.82) is 0 Å². The molecule has 0 radical (unpaired) electrons. The Morgan fingerprint density at radius 1 is 0.903 bits per heavy atom. The molecule has 0 N–H and O–H groups in total. The maximum absolute atomic E-state index is 12.9. The van der Waals surface area contributed by atoms with Gasteiger partial charge in [-0.1, -0.05) is 65.7 Å². The van der Waals surface area contributed by atoms with Crippen LogP contribution in [0.4, 0.5) is 0 Å². The Kier molecular flexibility index (Phi) is 5.25. The largest absolute Gasteiger partial charge is 0.482 e. The lowest BCUT2D eigenvalue weighted by atomic mass is 9.87. The van der Waals surface area contributed by atoms with E-state index in [2.05, 4.69) is 36.4 Å². The van der Waals surface area contributed by atoms with Crippen molar-refractivity contribution in [1.82, 2.24) is 4.90 Å². The van der Waals surface area contributed by atoms with Crippen LogP contribution in [0.2, 0.25) is 10.0 Å². The van der Waals surface area contributed by atoms with Crippen molar-refractivity contribution in [2.24, 2.45) is 0 Å². The summed E-state index contributed by atoms with van der Waals surface area (Å²) in [5.74, 6) is 0.801. The number of hydrogen-bond donors (Lipinski definition) is 0. The quantitative estimate of drug-likeness (QED) is 0.433. The van der Waals surface area contributed by atoms with E-state index in [1.54, 1.807) is 18.2 Å². The number of carbonyl (C=O) groups excluding carboxylic acids is 1. The lowest BCUT2D eigenvalue weighted by Gasteiger charge is -2.42. The second kappa shape index (κ2) is 8.07. The van der Waals surface area contributed by atoms with Crippen molar-refractivity contribution >= 4 is 35.2 Å². The second-order valence-electron chi connectivity index (χ2n) is 8.04. The van der Waals surface area contributed by atoms with Gasteiger partial charge in [-0.2, -0.15) is 0 Å². The summed E-state index contributed by atoms with van der Waals surface area (Å²) in [7, 11) is 0. The van der Waals surface area contributed by atoms with E-state index < -0.39 is 0 Å². The van der Waals surface area contributed by atoms with Crippen LogP contribution in [0, 0.1) is 0 Å². The standard InChI is InChI=1S/C26H21Cl2NO2/c27-21-7-8-23(28)22(17-21)25(30)29-14-12-26(13-15-29)11-10-20-16-19(6-9-24(20)31-26)18-4-2-1-3-5-18/h1-11,16-17H,12-15H2. The maximum Gasteiger partial charge on any atom is 0.255 e. The first-order chi connectivity index (χ1) is 15.0. The minimum absolute atomic E-state index is 0.0879. The van der Waals surface area contributed by atoms with E-state index in [9.17, 15) is 4.79 Å². The molecule has 0 atom stereocenters. The molecule has 5 heteroatoms. The molecule has 1 spiro atoms. The molecule has 0 aliphatic carbocycles. The fourth-order valence-corrected chi connectivity index (χ4v) is 4.64. The summed E-state index contributed by atoms with van der Waals surface area (Å²) in [5, 5.41) is 0.929. The number of hydrogen-bond acceptors (Lipinski definition) is 2. The number of halogens is 2. The first kappa shape index (κ1) is 20.2. The van der Waals surface area contributed by atoms with Gasteiger partial charge in [-0.25, -0.2) is 0 Å². The summed E-state index contributed by atoms with van der Waals surface area (Å²) in [5.41, 5.74) is 3.50. The number of ether oxygens (including phenoxy) is 1. The van der Waals surface area contributed by atoms with Gasteiger partial charge in [0.25, 0.3) is 5.91 Å². The molecule has 1 amide bonds. The predicted molar refractivity (Wildman–Crippen MR) is 126 cm³/mol. The van der Waals surface area contributed by atoms with Crippen LogP contribution < -0.4 is 4.74 Å². The molecule has 0 saturated carbocycles. The number of benzene rings is 3. The summed E-state index contributed by atoms with van der Waals surface area (Å²) >= 11 is 12.3. The molecule has 31 heavy (non-hydrogen) atoms. The highest BCUT2D eigenvalue weighted by molar-refractivity contribution is 6.35. The zero-order valence-electron chi connectivity index (χ0n) is 16.9. The van der Waals surface area contributed by atoms with Crippen LogP contribution in [-0.2, 0) is 0 Å². The first-order valence-corrected chi connectivity index (χ1v) is 11.1. The van der Waals surface area contributed by atoms with Crippen LogP contribution in [0.25, 0.3) is 17.2 Å². The van der Waals surface area contributed by atoms with Gasteiger partial charge in [-0.05, 0) is 47.5 Å². The average Bonchev–Trinajstić information content (AvgIpc) is 2.81. The predicted octanol–water partition coefficient (Wildman–Crippen LogP) is 6.74. The molecule has 2 aliphatic rings. The van der Waals surface area contributed by atoms with Gasteiger partial charge >= 0.3 is 0 Å². The molecule has 1 saturated heterocycles. The summed E-state index contributed by atoms with van der Waals surface area (Å²) in [6.45, 7) is 1.20. The van der Waals surface area contributed by atoms with E-state index in [0.29, 0.717) is 28.7 Å². The Balaban J connectivity index is 1.31. The SMILES string of the molecule is O=C(c1cc(Cl)ccc1Cl)N1CCC2(C=Cc3cc(-c4ccccc4)ccc3O2)CC1. The monoisotopic (exact) mass is 449 g/mol. The highest BCUT2D eigenvalue weighted by Gasteiger charge is 2.38. The third kappa shape index (κ3) is 3.96. The summed E-state index contributed by atoms with van der Waals surface area (Å²) in [4.78, 5) is 14.8. The van der Waals surface area contributed by atoms with Gasteiger partial charge < -0.3 is 9.64 Å². The van der Waals surface area contributed by atoms with Crippen molar-refractivity contribution < 1.29 is 9.53 Å². The molecule has 2 aliphatic heterocycles. The van der Waals surface area contributed by atoms with Crippen molar-refractivity contribution in [2.45, 2.75) is 18.4 Å². The Morgan fingerprint density at radius 3 is 2.45 bits per heavy atom. The molecule has 3 aromatic carbocycles. The Bertz CT molecular complexity index is 1170. The first-order valence-electron chi connectivity index (χ1n) is 10.4. The summed E-state index contributed by atoms with van der Waals surface area (Å²) in [6.07, 6.45) is 5.76. The van der Waals surface area contributed by atoms with Crippen LogP contribution in [0.3, 0.4) is 0 Å². The highest BCUT2D eigenvalue weighted by atomic mass is 35.5. The zero-order chi connectivity index (χ0) is 21.4. The summed E-state index contributed by atoms with van der Waals surface area (Å²) < 4.78 is 6.46. The number of nitrogens with zero attached hydrogens (tertiary/aromatic N) is 1. The lowest BCUT2D eigenvalue weighted by molar-refractivity contribution is 0.0329. The number of rotatable bonds is 2. The zero-order valence-corrected chi connectivity index (χ0v) is 18.4. The molecular weight excluding hydrogens is 429 g/mol. The lowest BCUT2D eigenvalue weighted by Crippen LogP contribution is -2.49. The maximum atomic E-state index is 12.9. The van der Waals surface area contributed by atoms with Crippen LogP contribution in [0.15, 0.2) is 72.8 Å². The molecular formula is C26H21Cl2NO2. The second-order valence-corrected chi connectivity index (χ2v) is 8.88. The van der Waals surface area contributed by atoms with Crippen LogP contribution >= 0.6 is 23.2 Å². The van der Waals surface area contributed by atoms with E-state index in [4.69, 9.17) is 27.9 Å². The molecule has 1 fully saturated rings. The van der Waals surface area contributed by atoms with E-state index in [0.717, 1.165) is 24.2 Å². The van der Waals surface area contributed by atoms with Crippen LogP contribution in [0.1, 0.15) is 28.8 Å². The van der Waals surface area contributed by atoms with Crippen molar-refractivity contribution in [3.63, 3.8) is 0 Å². The van der Waals surface area contributed by atoms with Gasteiger partial charge in [0, 0.05) is 36.5 Å². The molecule has 0 unspecified atom stereocenters. The van der Waals surface area contributed by atoms with E-state index in [1.807, 2.05) is 29.2 Å². The van der Waals surface area contributed by atoms with Gasteiger partial charge in [0.1, 0.15) is 11.4 Å². The Morgan fingerprint density at radius 2 is 1.68 bits per heavy atom. The van der Waals surface area contributed by atoms with Crippen LogP contribution in [0.5, 0.6) is 5.75 Å². The molecule has 0 aromatic heterocycles. The van der Waals surface area contributed by atoms with E-state index in [1.165, 1.54) is 11.1 Å². The number of amides is 1. The van der Waals surface area contributed by atoms with E-state index >= 15 is 0 Å². The third-order valence-corrected chi connectivity index (χ3v) is 6.62. The third-order valence-electron chi connectivity index (χ3n) is 6.05. The minimum Gasteiger partial charge on any atom is -0.482 e.